The van der Waals surface area contributed by atoms with E-state index in [4.69, 9.17) is 4.74 Å². The first-order valence-electron chi connectivity index (χ1n) is 9.54. The maximum absolute atomic E-state index is 15.1. The number of amides is 1. The standard InChI is InChI=1S/C20H18F6N2O4S/c1-4-33(30,31)12-5-6-16(32-11(3)19(22,23)24)13(8-12)18(29)28-17(21)14-9-27-10(2)7-15(14)20(28,25)26/h5-9,11,17H,4H2,1-3H3. The number of nitrogens with zero attached hydrogens (tertiary/aromatic N) is 2. The molecule has 1 aromatic carbocycles. The fraction of sp³-hybridized carbons (Fsp3) is 0.400. The second-order valence-electron chi connectivity index (χ2n) is 7.33. The molecule has 0 spiro atoms. The van der Waals surface area contributed by atoms with Crippen molar-refractivity contribution in [2.24, 2.45) is 0 Å². The first-order chi connectivity index (χ1) is 15.1. The number of pyridine rings is 1. The monoisotopic (exact) mass is 496 g/mol. The summed E-state index contributed by atoms with van der Waals surface area (Å²) in [5.41, 5.74) is -2.27. The van der Waals surface area contributed by atoms with Gasteiger partial charge in [0.05, 0.1) is 21.8 Å². The van der Waals surface area contributed by atoms with Gasteiger partial charge in [-0.05, 0) is 38.1 Å². The third kappa shape index (κ3) is 4.37. The number of ether oxygens (including phenoxy) is 1. The summed E-state index contributed by atoms with van der Waals surface area (Å²) >= 11 is 0. The Kier molecular flexibility index (Phi) is 6.15. The highest BCUT2D eigenvalue weighted by Gasteiger charge is 2.56. The summed E-state index contributed by atoms with van der Waals surface area (Å²) < 4.78 is 113. The maximum Gasteiger partial charge on any atom is 0.425 e. The first-order valence-corrected chi connectivity index (χ1v) is 11.2. The van der Waals surface area contributed by atoms with Crippen molar-refractivity contribution in [3.8, 4) is 5.75 Å². The van der Waals surface area contributed by atoms with Crippen LogP contribution in [0.4, 0.5) is 26.3 Å². The zero-order chi connectivity index (χ0) is 24.9. The van der Waals surface area contributed by atoms with Crippen molar-refractivity contribution in [2.75, 3.05) is 5.75 Å². The van der Waals surface area contributed by atoms with Crippen LogP contribution in [0.15, 0.2) is 35.4 Å². The molecule has 1 aromatic heterocycles. The number of halogens is 6. The van der Waals surface area contributed by atoms with Crippen LogP contribution in [0.2, 0.25) is 0 Å². The van der Waals surface area contributed by atoms with Crippen LogP contribution >= 0.6 is 0 Å². The maximum atomic E-state index is 15.1. The number of hydrogen-bond acceptors (Lipinski definition) is 5. The lowest BCUT2D eigenvalue weighted by Gasteiger charge is -2.27. The Morgan fingerprint density at radius 1 is 1.27 bits per heavy atom. The highest BCUT2D eigenvalue weighted by atomic mass is 32.2. The molecule has 0 saturated carbocycles. The second kappa shape index (κ2) is 8.19. The Bertz CT molecular complexity index is 1200. The van der Waals surface area contributed by atoms with E-state index < -0.39 is 78.4 Å². The van der Waals surface area contributed by atoms with Gasteiger partial charge in [-0.1, -0.05) is 6.92 Å². The van der Waals surface area contributed by atoms with Gasteiger partial charge in [-0.25, -0.2) is 17.7 Å². The van der Waals surface area contributed by atoms with Crippen molar-refractivity contribution in [1.82, 2.24) is 9.88 Å². The van der Waals surface area contributed by atoms with Gasteiger partial charge < -0.3 is 4.74 Å². The van der Waals surface area contributed by atoms with E-state index in [1.807, 2.05) is 0 Å². The van der Waals surface area contributed by atoms with Crippen LogP contribution in [0, 0.1) is 6.92 Å². The summed E-state index contributed by atoms with van der Waals surface area (Å²) in [6, 6.07) is -1.07. The molecule has 2 aromatic rings. The number of rotatable bonds is 5. The van der Waals surface area contributed by atoms with Gasteiger partial charge in [0.25, 0.3) is 5.91 Å². The van der Waals surface area contributed by atoms with E-state index in [1.165, 1.54) is 13.8 Å². The lowest BCUT2D eigenvalue weighted by Crippen LogP contribution is -2.40. The van der Waals surface area contributed by atoms with Gasteiger partial charge in [-0.3, -0.25) is 9.78 Å². The number of sulfone groups is 1. The Balaban J connectivity index is 2.15. The van der Waals surface area contributed by atoms with E-state index in [0.29, 0.717) is 13.0 Å². The van der Waals surface area contributed by atoms with Crippen molar-refractivity contribution >= 4 is 15.7 Å². The van der Waals surface area contributed by atoms with Crippen LogP contribution < -0.4 is 4.74 Å². The number of fused-ring (bicyclic) bond motifs is 1. The fourth-order valence-corrected chi connectivity index (χ4v) is 4.09. The van der Waals surface area contributed by atoms with Gasteiger partial charge in [0.1, 0.15) is 5.75 Å². The molecule has 0 aliphatic carbocycles. The zero-order valence-electron chi connectivity index (χ0n) is 17.5. The van der Waals surface area contributed by atoms with Gasteiger partial charge in [-0.2, -0.15) is 22.0 Å². The molecular formula is C20H18F6N2O4S. The minimum Gasteiger partial charge on any atom is -0.480 e. The molecule has 13 heteroatoms. The highest BCUT2D eigenvalue weighted by molar-refractivity contribution is 7.91. The molecule has 0 bridgehead atoms. The molecule has 1 amide bonds. The molecule has 6 nitrogen and oxygen atoms in total. The molecule has 2 atom stereocenters. The normalized spacial score (nSPS) is 18.7. The molecule has 33 heavy (non-hydrogen) atoms. The number of aromatic nitrogens is 1. The van der Waals surface area contributed by atoms with E-state index in [-0.39, 0.29) is 5.69 Å². The van der Waals surface area contributed by atoms with E-state index in [0.717, 1.165) is 24.4 Å². The fourth-order valence-electron chi connectivity index (χ4n) is 3.19. The molecule has 2 unspecified atom stereocenters. The van der Waals surface area contributed by atoms with Crippen LogP contribution in [0.5, 0.6) is 5.75 Å². The van der Waals surface area contributed by atoms with E-state index in [9.17, 15) is 30.8 Å². The van der Waals surface area contributed by atoms with E-state index in [1.54, 1.807) is 0 Å². The van der Waals surface area contributed by atoms with Crippen molar-refractivity contribution < 1.29 is 44.3 Å². The number of aryl methyl sites for hydroxylation is 1. The molecule has 2 heterocycles. The third-order valence-electron chi connectivity index (χ3n) is 5.09. The Hall–Kier alpha value is -2.83. The summed E-state index contributed by atoms with van der Waals surface area (Å²) in [5.74, 6) is -3.02. The molecule has 0 saturated heterocycles. The van der Waals surface area contributed by atoms with Crippen LogP contribution in [0.1, 0.15) is 47.3 Å². The smallest absolute Gasteiger partial charge is 0.425 e. The number of hydrogen-bond donors (Lipinski definition) is 0. The molecule has 3 rings (SSSR count). The van der Waals surface area contributed by atoms with Crippen molar-refractivity contribution in [1.29, 1.82) is 0 Å². The van der Waals surface area contributed by atoms with Gasteiger partial charge in [-0.15, -0.1) is 0 Å². The lowest BCUT2D eigenvalue weighted by molar-refractivity contribution is -0.189. The molecule has 1 aliphatic rings. The predicted molar refractivity (Wildman–Crippen MR) is 103 cm³/mol. The lowest BCUT2D eigenvalue weighted by atomic mass is 10.1. The number of carbonyl (C=O) groups excluding carboxylic acids is 1. The van der Waals surface area contributed by atoms with Crippen molar-refractivity contribution in [3.63, 3.8) is 0 Å². The average molecular weight is 496 g/mol. The third-order valence-corrected chi connectivity index (χ3v) is 6.82. The highest BCUT2D eigenvalue weighted by Crippen LogP contribution is 2.50. The summed E-state index contributed by atoms with van der Waals surface area (Å²) in [7, 11) is -3.99. The Labute approximate surface area is 185 Å². The molecule has 0 fully saturated rings. The second-order valence-corrected chi connectivity index (χ2v) is 9.61. The molecule has 180 valence electrons. The summed E-state index contributed by atoms with van der Waals surface area (Å²) in [4.78, 5) is 15.8. The van der Waals surface area contributed by atoms with E-state index in [2.05, 4.69) is 4.98 Å². The Morgan fingerprint density at radius 3 is 2.48 bits per heavy atom. The molecular weight excluding hydrogens is 478 g/mol. The van der Waals surface area contributed by atoms with Crippen molar-refractivity contribution in [3.05, 3.63) is 52.8 Å². The van der Waals surface area contributed by atoms with Gasteiger partial charge in [0.2, 0.25) is 6.30 Å². The van der Waals surface area contributed by atoms with Crippen LogP contribution in [-0.4, -0.2) is 42.2 Å². The number of alkyl halides is 6. The number of benzene rings is 1. The summed E-state index contributed by atoms with van der Waals surface area (Å²) in [5, 5.41) is 0. The minimum atomic E-state index is -4.88. The van der Waals surface area contributed by atoms with Crippen LogP contribution in [-0.2, 0) is 15.9 Å². The summed E-state index contributed by atoms with van der Waals surface area (Å²) in [6.45, 7) is 3.25. The van der Waals surface area contributed by atoms with Gasteiger partial charge in [0.15, 0.2) is 15.9 Å². The summed E-state index contributed by atoms with van der Waals surface area (Å²) in [6.07, 6.45) is -9.21. The molecule has 1 aliphatic heterocycles. The first kappa shape index (κ1) is 24.8. The van der Waals surface area contributed by atoms with Crippen LogP contribution in [0.3, 0.4) is 0 Å². The van der Waals surface area contributed by atoms with Crippen LogP contribution in [0.25, 0.3) is 0 Å². The van der Waals surface area contributed by atoms with E-state index >= 15 is 8.78 Å². The molecule has 0 N–H and O–H groups in total. The average Bonchev–Trinajstić information content (AvgIpc) is 2.91. The largest absolute Gasteiger partial charge is 0.480 e. The van der Waals surface area contributed by atoms with Gasteiger partial charge >= 0.3 is 12.2 Å². The minimum absolute atomic E-state index is 0.119. The van der Waals surface area contributed by atoms with Gasteiger partial charge in [0, 0.05) is 17.5 Å². The zero-order valence-corrected chi connectivity index (χ0v) is 18.3. The Morgan fingerprint density at radius 2 is 1.91 bits per heavy atom. The molecule has 0 radical (unpaired) electrons. The SMILES string of the molecule is CCS(=O)(=O)c1ccc(OC(C)C(F)(F)F)c(C(=O)N2C(F)c3cnc(C)cc3C2(F)F)c1. The predicted octanol–water partition coefficient (Wildman–Crippen LogP) is 4.69. The number of carbonyl (C=O) groups is 1. The topological polar surface area (TPSA) is 76.6 Å². The quantitative estimate of drug-likeness (QED) is 0.444. The van der Waals surface area contributed by atoms with Crippen molar-refractivity contribution in [2.45, 2.75) is 50.3 Å².